The van der Waals surface area contributed by atoms with Crippen LogP contribution in [-0.2, 0) is 11.2 Å². The van der Waals surface area contributed by atoms with E-state index in [9.17, 15) is 14.9 Å². The molecule has 27 heavy (non-hydrogen) atoms. The Morgan fingerprint density at radius 1 is 1.11 bits per heavy atom. The zero-order valence-electron chi connectivity index (χ0n) is 15.6. The van der Waals surface area contributed by atoms with E-state index in [1.165, 1.54) is 12.1 Å². The van der Waals surface area contributed by atoms with Gasteiger partial charge in [0, 0.05) is 24.4 Å². The lowest BCUT2D eigenvalue weighted by molar-refractivity contribution is -0.384. The summed E-state index contributed by atoms with van der Waals surface area (Å²) in [6.45, 7) is 2.32. The Hall–Kier alpha value is -3.29. The maximum absolute atomic E-state index is 12.0. The number of hydrogen-bond donors (Lipinski definition) is 2. The fourth-order valence-electron chi connectivity index (χ4n) is 2.53. The number of nitrogens with one attached hydrogen (secondary N) is 2. The minimum Gasteiger partial charge on any atom is -0.493 e. The minimum absolute atomic E-state index is 0.0167. The number of nitro groups is 1. The van der Waals surface area contributed by atoms with E-state index >= 15 is 0 Å². The molecule has 2 aromatic carbocycles. The first-order chi connectivity index (χ1) is 12.9. The van der Waals surface area contributed by atoms with Gasteiger partial charge < -0.3 is 20.1 Å². The predicted octanol–water partition coefficient (Wildman–Crippen LogP) is 2.69. The number of ether oxygens (including phenoxy) is 2. The van der Waals surface area contributed by atoms with E-state index < -0.39 is 4.92 Å². The van der Waals surface area contributed by atoms with Gasteiger partial charge in [0.2, 0.25) is 5.91 Å². The number of aryl methyl sites for hydroxylation is 1. The second-order valence-electron chi connectivity index (χ2n) is 5.90. The van der Waals surface area contributed by atoms with Gasteiger partial charge >= 0.3 is 0 Å². The van der Waals surface area contributed by atoms with Gasteiger partial charge in [-0.05, 0) is 36.6 Å². The lowest BCUT2D eigenvalue weighted by Gasteiger charge is -2.11. The van der Waals surface area contributed by atoms with Crippen molar-refractivity contribution in [3.8, 4) is 11.5 Å². The van der Waals surface area contributed by atoms with Gasteiger partial charge in [-0.2, -0.15) is 0 Å². The van der Waals surface area contributed by atoms with E-state index in [-0.39, 0.29) is 18.1 Å². The number of carbonyl (C=O) groups excluding carboxylic acids is 1. The van der Waals surface area contributed by atoms with Crippen LogP contribution in [0.3, 0.4) is 0 Å². The van der Waals surface area contributed by atoms with Crippen LogP contribution in [0.25, 0.3) is 0 Å². The van der Waals surface area contributed by atoms with Crippen molar-refractivity contribution in [2.45, 2.75) is 13.3 Å². The molecule has 8 nitrogen and oxygen atoms in total. The summed E-state index contributed by atoms with van der Waals surface area (Å²) in [5, 5.41) is 16.6. The lowest BCUT2D eigenvalue weighted by Crippen LogP contribution is -2.31. The van der Waals surface area contributed by atoms with Gasteiger partial charge in [0.05, 0.1) is 25.7 Å². The average molecular weight is 373 g/mol. The Balaban J connectivity index is 1.83. The summed E-state index contributed by atoms with van der Waals surface area (Å²) in [7, 11) is 3.15. The molecule has 0 spiro atoms. The van der Waals surface area contributed by atoms with E-state index in [1.54, 1.807) is 20.3 Å². The van der Waals surface area contributed by atoms with Crippen molar-refractivity contribution >= 4 is 17.3 Å². The monoisotopic (exact) mass is 373 g/mol. The number of non-ortho nitro benzene ring substituents is 1. The molecule has 144 valence electrons. The molecule has 8 heteroatoms. The molecular formula is C19H23N3O5. The summed E-state index contributed by atoms with van der Waals surface area (Å²) in [6.07, 6.45) is 0.641. The SMILES string of the molecule is COc1ccc(CCNC(=O)CNc2cc([N+](=O)[O-])ccc2C)cc1OC. The number of anilines is 1. The van der Waals surface area contributed by atoms with Gasteiger partial charge in [-0.1, -0.05) is 12.1 Å². The van der Waals surface area contributed by atoms with Gasteiger partial charge in [0.25, 0.3) is 5.69 Å². The fraction of sp³-hybridized carbons (Fsp3) is 0.316. The van der Waals surface area contributed by atoms with Gasteiger partial charge in [-0.25, -0.2) is 0 Å². The van der Waals surface area contributed by atoms with E-state index in [2.05, 4.69) is 10.6 Å². The summed E-state index contributed by atoms with van der Waals surface area (Å²) >= 11 is 0. The topological polar surface area (TPSA) is 103 Å². The maximum atomic E-state index is 12.0. The van der Waals surface area contributed by atoms with Crippen LogP contribution in [0.15, 0.2) is 36.4 Å². The smallest absolute Gasteiger partial charge is 0.271 e. The van der Waals surface area contributed by atoms with Crippen molar-refractivity contribution in [1.29, 1.82) is 0 Å². The quantitative estimate of drug-likeness (QED) is 0.517. The number of rotatable bonds is 9. The van der Waals surface area contributed by atoms with Crippen LogP contribution >= 0.6 is 0 Å². The predicted molar refractivity (Wildman–Crippen MR) is 103 cm³/mol. The number of nitro benzene ring substituents is 1. The minimum atomic E-state index is -0.464. The highest BCUT2D eigenvalue weighted by molar-refractivity contribution is 5.81. The first kappa shape index (κ1) is 20.0. The third kappa shape index (κ3) is 5.60. The molecule has 2 rings (SSSR count). The first-order valence-corrected chi connectivity index (χ1v) is 8.41. The number of methoxy groups -OCH3 is 2. The molecule has 0 unspecified atom stereocenters. The maximum Gasteiger partial charge on any atom is 0.271 e. The molecule has 0 aromatic heterocycles. The summed E-state index contributed by atoms with van der Waals surface area (Å²) in [5.41, 5.74) is 2.39. The van der Waals surface area contributed by atoms with Crippen LogP contribution in [0, 0.1) is 17.0 Å². The van der Waals surface area contributed by atoms with Crippen molar-refractivity contribution in [2.24, 2.45) is 0 Å². The molecule has 2 N–H and O–H groups in total. The summed E-state index contributed by atoms with van der Waals surface area (Å²) < 4.78 is 10.5. The zero-order valence-corrected chi connectivity index (χ0v) is 15.6. The molecule has 0 radical (unpaired) electrons. The first-order valence-electron chi connectivity index (χ1n) is 8.41. The van der Waals surface area contributed by atoms with Crippen LogP contribution in [0.4, 0.5) is 11.4 Å². The van der Waals surface area contributed by atoms with Gasteiger partial charge in [0.15, 0.2) is 11.5 Å². The third-order valence-corrected chi connectivity index (χ3v) is 4.06. The molecule has 0 aliphatic rings. The van der Waals surface area contributed by atoms with E-state index in [0.717, 1.165) is 11.1 Å². The van der Waals surface area contributed by atoms with Gasteiger partial charge in [0.1, 0.15) is 0 Å². The lowest BCUT2D eigenvalue weighted by atomic mass is 10.1. The van der Waals surface area contributed by atoms with Crippen molar-refractivity contribution < 1.29 is 19.2 Å². The second kappa shape index (κ2) is 9.42. The molecule has 0 aliphatic heterocycles. The highest BCUT2D eigenvalue weighted by atomic mass is 16.6. The van der Waals surface area contributed by atoms with Crippen LogP contribution in [0.2, 0.25) is 0 Å². The molecule has 0 saturated carbocycles. The van der Waals surface area contributed by atoms with Crippen molar-refractivity contribution in [3.63, 3.8) is 0 Å². The summed E-state index contributed by atoms with van der Waals surface area (Å²) in [4.78, 5) is 22.4. The van der Waals surface area contributed by atoms with Crippen molar-refractivity contribution in [1.82, 2.24) is 5.32 Å². The molecule has 0 aliphatic carbocycles. The summed E-state index contributed by atoms with van der Waals surface area (Å²) in [5.74, 6) is 1.10. The Bertz CT molecular complexity index is 823. The van der Waals surface area contributed by atoms with E-state index in [4.69, 9.17) is 9.47 Å². The Labute approximate surface area is 157 Å². The highest BCUT2D eigenvalue weighted by Crippen LogP contribution is 2.27. The fourth-order valence-corrected chi connectivity index (χ4v) is 2.53. The largest absolute Gasteiger partial charge is 0.493 e. The molecule has 1 amide bonds. The van der Waals surface area contributed by atoms with Crippen molar-refractivity contribution in [2.75, 3.05) is 32.6 Å². The van der Waals surface area contributed by atoms with E-state index in [0.29, 0.717) is 30.2 Å². The Kier molecular flexibility index (Phi) is 6.99. The molecule has 0 bridgehead atoms. The Morgan fingerprint density at radius 2 is 1.85 bits per heavy atom. The summed E-state index contributed by atoms with van der Waals surface area (Å²) in [6, 6.07) is 10.1. The standard InChI is InChI=1S/C19H23N3O5/c1-13-4-6-15(22(24)25)11-16(13)21-12-19(23)20-9-8-14-5-7-17(26-2)18(10-14)27-3/h4-7,10-11,21H,8-9,12H2,1-3H3,(H,20,23). The zero-order chi connectivity index (χ0) is 19.8. The molecule has 0 fully saturated rings. The van der Waals surface area contributed by atoms with Crippen LogP contribution in [0.1, 0.15) is 11.1 Å². The number of nitrogens with zero attached hydrogens (tertiary/aromatic N) is 1. The van der Waals surface area contributed by atoms with Gasteiger partial charge in [-0.15, -0.1) is 0 Å². The third-order valence-electron chi connectivity index (χ3n) is 4.06. The second-order valence-corrected chi connectivity index (χ2v) is 5.90. The molecule has 2 aromatic rings. The Morgan fingerprint density at radius 3 is 2.52 bits per heavy atom. The van der Waals surface area contributed by atoms with Gasteiger partial charge in [-0.3, -0.25) is 14.9 Å². The number of carbonyl (C=O) groups is 1. The highest BCUT2D eigenvalue weighted by Gasteiger charge is 2.10. The normalized spacial score (nSPS) is 10.2. The number of benzene rings is 2. The molecule has 0 atom stereocenters. The molecule has 0 heterocycles. The molecule has 0 saturated heterocycles. The van der Waals surface area contributed by atoms with E-state index in [1.807, 2.05) is 25.1 Å². The number of hydrogen-bond acceptors (Lipinski definition) is 6. The average Bonchev–Trinajstić information content (AvgIpc) is 2.66. The van der Waals surface area contributed by atoms with Crippen LogP contribution in [-0.4, -0.2) is 38.1 Å². The van der Waals surface area contributed by atoms with Crippen LogP contribution < -0.4 is 20.1 Å². The van der Waals surface area contributed by atoms with Crippen molar-refractivity contribution in [3.05, 3.63) is 57.6 Å². The number of amides is 1. The van der Waals surface area contributed by atoms with Crippen LogP contribution in [0.5, 0.6) is 11.5 Å². The molecular weight excluding hydrogens is 350 g/mol.